The summed E-state index contributed by atoms with van der Waals surface area (Å²) < 4.78 is -1.40. The molecule has 1 aliphatic rings. The Balaban J connectivity index is 2.39. The Morgan fingerprint density at radius 3 is 2.53 bits per heavy atom. The average Bonchev–Trinajstić information content (AvgIpc) is 2.49. The van der Waals surface area contributed by atoms with E-state index in [0.717, 1.165) is 12.8 Å². The zero-order valence-electron chi connectivity index (χ0n) is 10.2. The van der Waals surface area contributed by atoms with E-state index in [1.807, 2.05) is 12.2 Å². The van der Waals surface area contributed by atoms with Gasteiger partial charge in [0.15, 0.2) is 10.1 Å². The van der Waals surface area contributed by atoms with E-state index in [1.54, 1.807) is 0 Å². The maximum Gasteiger partial charge on any atom is 0.200 e. The van der Waals surface area contributed by atoms with Gasteiger partial charge in [0.1, 0.15) is 5.60 Å². The van der Waals surface area contributed by atoms with E-state index in [0.29, 0.717) is 19.3 Å². The number of hydrogen-bond donors (Lipinski definition) is 1. The third-order valence-corrected chi connectivity index (χ3v) is 3.93. The molecule has 17 heavy (non-hydrogen) atoms. The van der Waals surface area contributed by atoms with Crippen molar-refractivity contribution in [2.24, 2.45) is 0 Å². The van der Waals surface area contributed by atoms with Crippen molar-refractivity contribution < 1.29 is 9.90 Å². The molecule has 0 spiro atoms. The van der Waals surface area contributed by atoms with E-state index in [-0.39, 0.29) is 0 Å². The van der Waals surface area contributed by atoms with Gasteiger partial charge in [-0.1, -0.05) is 55.1 Å². The molecule has 0 heterocycles. The fourth-order valence-electron chi connectivity index (χ4n) is 2.03. The molecule has 0 radical (unpaired) electrons. The number of ketones is 1. The Morgan fingerprint density at radius 2 is 2.00 bits per heavy atom. The summed E-state index contributed by atoms with van der Waals surface area (Å²) in [5.41, 5.74) is -1.36. The number of unbranched alkanes of at least 4 members (excludes halogenated alkanes) is 3. The van der Waals surface area contributed by atoms with Crippen molar-refractivity contribution in [1.82, 2.24) is 0 Å². The smallest absolute Gasteiger partial charge is 0.200 e. The first-order chi connectivity index (χ1) is 7.92. The maximum atomic E-state index is 11.8. The van der Waals surface area contributed by atoms with Crippen molar-refractivity contribution in [3.05, 3.63) is 12.2 Å². The van der Waals surface area contributed by atoms with Crippen molar-refractivity contribution in [3.63, 3.8) is 0 Å². The fraction of sp³-hybridized carbons (Fsp3) is 0.769. The van der Waals surface area contributed by atoms with Crippen molar-refractivity contribution >= 4 is 29.0 Å². The van der Waals surface area contributed by atoms with Crippen LogP contribution in [0.25, 0.3) is 0 Å². The molecule has 0 unspecified atom stereocenters. The second-order valence-corrected chi connectivity index (χ2v) is 6.22. The quantitative estimate of drug-likeness (QED) is 0.456. The van der Waals surface area contributed by atoms with Gasteiger partial charge in [-0.3, -0.25) is 4.79 Å². The van der Waals surface area contributed by atoms with Crippen molar-refractivity contribution in [2.45, 2.75) is 61.8 Å². The molecule has 0 aromatic carbocycles. The Bertz CT molecular complexity index is 300. The van der Waals surface area contributed by atoms with E-state index in [1.165, 1.54) is 12.8 Å². The van der Waals surface area contributed by atoms with Crippen LogP contribution in [0, 0.1) is 0 Å². The predicted molar refractivity (Wildman–Crippen MR) is 71.5 cm³/mol. The second-order valence-electron chi connectivity index (χ2n) is 4.74. The molecule has 0 saturated heterocycles. The molecule has 98 valence electrons. The van der Waals surface area contributed by atoms with Gasteiger partial charge >= 0.3 is 0 Å². The standard InChI is InChI=1S/C13H20Cl2O2/c1-2-3-4-5-6-7-8-12(17)9-10-13(14,15)11(12)16/h6-7,17H,2-5,8-10H2,1H3/b7-6-/t12-/m0/s1. The van der Waals surface area contributed by atoms with Crippen LogP contribution in [0.2, 0.25) is 0 Å². The largest absolute Gasteiger partial charge is 0.382 e. The number of carbonyl (C=O) groups excluding carboxylic acids is 1. The fourth-order valence-corrected chi connectivity index (χ4v) is 2.58. The van der Waals surface area contributed by atoms with Crippen LogP contribution < -0.4 is 0 Å². The molecule has 2 nitrogen and oxygen atoms in total. The molecule has 1 fully saturated rings. The summed E-state index contributed by atoms with van der Waals surface area (Å²) in [5, 5.41) is 10.1. The van der Waals surface area contributed by atoms with Crippen molar-refractivity contribution in [1.29, 1.82) is 0 Å². The number of carbonyl (C=O) groups is 1. The highest BCUT2D eigenvalue weighted by Gasteiger charge is 2.53. The zero-order chi connectivity index (χ0) is 12.9. The lowest BCUT2D eigenvalue weighted by molar-refractivity contribution is -0.133. The van der Waals surface area contributed by atoms with Gasteiger partial charge in [0, 0.05) is 6.42 Å². The van der Waals surface area contributed by atoms with E-state index < -0.39 is 15.7 Å². The highest BCUT2D eigenvalue weighted by molar-refractivity contribution is 6.59. The molecule has 0 aliphatic heterocycles. The number of hydrogen-bond acceptors (Lipinski definition) is 2. The molecule has 0 aromatic heterocycles. The summed E-state index contributed by atoms with van der Waals surface area (Å²) in [6.45, 7) is 2.16. The van der Waals surface area contributed by atoms with Crippen LogP contribution in [-0.4, -0.2) is 20.8 Å². The molecular formula is C13H20Cl2O2. The van der Waals surface area contributed by atoms with E-state index in [9.17, 15) is 9.90 Å². The summed E-state index contributed by atoms with van der Waals surface area (Å²) in [5.74, 6) is -0.452. The van der Waals surface area contributed by atoms with Gasteiger partial charge in [-0.15, -0.1) is 0 Å². The molecule has 1 rings (SSSR count). The number of rotatable bonds is 6. The summed E-state index contributed by atoms with van der Waals surface area (Å²) in [4.78, 5) is 11.8. The van der Waals surface area contributed by atoms with Crippen molar-refractivity contribution in [3.8, 4) is 0 Å². The van der Waals surface area contributed by atoms with Crippen LogP contribution in [0.5, 0.6) is 0 Å². The molecular weight excluding hydrogens is 259 g/mol. The Hall–Kier alpha value is -0.0500. The van der Waals surface area contributed by atoms with E-state index in [4.69, 9.17) is 23.2 Å². The SMILES string of the molecule is CCCCC/C=C\C[C@]1(O)CCC(Cl)(Cl)C1=O. The number of Topliss-reactive ketones (excluding diaryl/α,β-unsaturated/α-hetero) is 1. The van der Waals surface area contributed by atoms with E-state index in [2.05, 4.69) is 6.92 Å². The number of allylic oxidation sites excluding steroid dienone is 1. The minimum atomic E-state index is -1.40. The van der Waals surface area contributed by atoms with Crippen LogP contribution in [-0.2, 0) is 4.79 Å². The van der Waals surface area contributed by atoms with Crippen LogP contribution in [0.4, 0.5) is 0 Å². The number of alkyl halides is 2. The number of halogens is 2. The first kappa shape index (κ1) is 15.0. The van der Waals surface area contributed by atoms with Gasteiger partial charge in [0.25, 0.3) is 0 Å². The molecule has 0 bridgehead atoms. The van der Waals surface area contributed by atoms with Gasteiger partial charge in [-0.2, -0.15) is 0 Å². The molecule has 1 saturated carbocycles. The molecule has 1 aliphatic carbocycles. The van der Waals surface area contributed by atoms with Crippen LogP contribution in [0.1, 0.15) is 51.9 Å². The first-order valence-electron chi connectivity index (χ1n) is 6.22. The van der Waals surface area contributed by atoms with Gasteiger partial charge < -0.3 is 5.11 Å². The third kappa shape index (κ3) is 3.97. The van der Waals surface area contributed by atoms with Crippen LogP contribution in [0.3, 0.4) is 0 Å². The topological polar surface area (TPSA) is 37.3 Å². The normalized spacial score (nSPS) is 28.1. The van der Waals surface area contributed by atoms with Gasteiger partial charge in [0.2, 0.25) is 0 Å². The summed E-state index contributed by atoms with van der Waals surface area (Å²) >= 11 is 11.6. The monoisotopic (exact) mass is 278 g/mol. The number of aliphatic hydroxyl groups is 1. The highest BCUT2D eigenvalue weighted by atomic mass is 35.5. The lowest BCUT2D eigenvalue weighted by Gasteiger charge is -2.19. The van der Waals surface area contributed by atoms with Gasteiger partial charge in [-0.05, 0) is 25.7 Å². The average molecular weight is 279 g/mol. The summed E-state index contributed by atoms with van der Waals surface area (Å²) in [6.07, 6.45) is 9.41. The Morgan fingerprint density at radius 1 is 1.29 bits per heavy atom. The van der Waals surface area contributed by atoms with E-state index >= 15 is 0 Å². The lowest BCUT2D eigenvalue weighted by Crippen LogP contribution is -2.38. The minimum Gasteiger partial charge on any atom is -0.382 e. The van der Waals surface area contributed by atoms with Gasteiger partial charge in [0.05, 0.1) is 0 Å². The lowest BCUT2D eigenvalue weighted by atomic mass is 9.96. The first-order valence-corrected chi connectivity index (χ1v) is 6.98. The molecule has 0 amide bonds. The third-order valence-electron chi connectivity index (χ3n) is 3.20. The van der Waals surface area contributed by atoms with Gasteiger partial charge in [-0.25, -0.2) is 0 Å². The summed E-state index contributed by atoms with van der Waals surface area (Å²) in [6, 6.07) is 0. The van der Waals surface area contributed by atoms with Crippen LogP contribution >= 0.6 is 23.2 Å². The molecule has 0 aromatic rings. The Labute approximate surface area is 113 Å². The molecule has 1 N–H and O–H groups in total. The second kappa shape index (κ2) is 6.21. The summed E-state index contributed by atoms with van der Waals surface area (Å²) in [7, 11) is 0. The molecule has 1 atom stereocenters. The predicted octanol–water partition coefficient (Wildman–Crippen LogP) is 3.78. The maximum absolute atomic E-state index is 11.8. The highest BCUT2D eigenvalue weighted by Crippen LogP contribution is 2.43. The zero-order valence-corrected chi connectivity index (χ0v) is 11.7. The van der Waals surface area contributed by atoms with Crippen molar-refractivity contribution in [2.75, 3.05) is 0 Å². The van der Waals surface area contributed by atoms with Crippen LogP contribution in [0.15, 0.2) is 12.2 Å². The Kier molecular flexibility index (Phi) is 5.49. The molecule has 4 heteroatoms. The minimum absolute atomic E-state index is 0.319.